The Morgan fingerprint density at radius 3 is 2.63 bits per heavy atom. The van der Waals surface area contributed by atoms with Crippen LogP contribution in [0.4, 0.5) is 0 Å². The van der Waals surface area contributed by atoms with E-state index in [2.05, 4.69) is 29.4 Å². The predicted octanol–water partition coefficient (Wildman–Crippen LogP) is 2.04. The van der Waals surface area contributed by atoms with E-state index in [9.17, 15) is 4.79 Å². The molecule has 0 radical (unpaired) electrons. The molecule has 0 saturated carbocycles. The van der Waals surface area contributed by atoms with Gasteiger partial charge in [0, 0.05) is 18.5 Å². The van der Waals surface area contributed by atoms with Gasteiger partial charge in [0.15, 0.2) is 0 Å². The van der Waals surface area contributed by atoms with E-state index in [1.807, 2.05) is 22.8 Å². The van der Waals surface area contributed by atoms with Crippen LogP contribution in [-0.4, -0.2) is 52.0 Å². The van der Waals surface area contributed by atoms with E-state index >= 15 is 0 Å². The molecule has 4 rings (SSSR count). The maximum absolute atomic E-state index is 13.2. The number of rotatable bonds is 6. The zero-order chi connectivity index (χ0) is 18.6. The van der Waals surface area contributed by atoms with Gasteiger partial charge in [-0.1, -0.05) is 30.3 Å². The van der Waals surface area contributed by atoms with Crippen LogP contribution in [0.5, 0.6) is 0 Å². The van der Waals surface area contributed by atoms with Crippen molar-refractivity contribution in [2.45, 2.75) is 57.2 Å². The monoisotopic (exact) mass is 369 g/mol. The highest BCUT2D eigenvalue weighted by Gasteiger charge is 2.25. The molecule has 2 aliphatic rings. The van der Waals surface area contributed by atoms with Crippen LogP contribution < -0.4 is 11.0 Å². The van der Waals surface area contributed by atoms with Crippen LogP contribution in [0.3, 0.4) is 0 Å². The minimum atomic E-state index is 0.0491. The van der Waals surface area contributed by atoms with E-state index in [-0.39, 0.29) is 5.69 Å². The summed E-state index contributed by atoms with van der Waals surface area (Å²) in [6.45, 7) is 4.51. The fraction of sp³-hybridized carbons (Fsp3) is 0.619. The third-order valence-electron chi connectivity index (χ3n) is 6.18. The summed E-state index contributed by atoms with van der Waals surface area (Å²) >= 11 is 0. The second-order valence-electron chi connectivity index (χ2n) is 8.03. The van der Waals surface area contributed by atoms with Crippen molar-refractivity contribution in [1.82, 2.24) is 24.6 Å². The van der Waals surface area contributed by atoms with Crippen molar-refractivity contribution < 1.29 is 0 Å². The Kier molecular flexibility index (Phi) is 5.74. The first-order valence-corrected chi connectivity index (χ1v) is 10.3. The van der Waals surface area contributed by atoms with Crippen LogP contribution in [0.1, 0.15) is 49.4 Å². The largest absolute Gasteiger partial charge is 0.346 e. The summed E-state index contributed by atoms with van der Waals surface area (Å²) in [5.74, 6) is 1.35. The van der Waals surface area contributed by atoms with Gasteiger partial charge in [-0.25, -0.2) is 9.48 Å². The Labute approximate surface area is 161 Å². The molecule has 2 aromatic rings. The summed E-state index contributed by atoms with van der Waals surface area (Å²) in [4.78, 5) is 15.6. The quantitative estimate of drug-likeness (QED) is 0.847. The molecular formula is C21H31N5O. The molecule has 27 heavy (non-hydrogen) atoms. The third kappa shape index (κ3) is 4.17. The van der Waals surface area contributed by atoms with E-state index in [1.54, 1.807) is 4.68 Å². The minimum Gasteiger partial charge on any atom is -0.317 e. The Hall–Kier alpha value is -1.92. The Balaban J connectivity index is 1.58. The lowest BCUT2D eigenvalue weighted by molar-refractivity contribution is 0.281. The van der Waals surface area contributed by atoms with Crippen LogP contribution in [0.15, 0.2) is 35.1 Å². The first-order valence-electron chi connectivity index (χ1n) is 10.3. The fourth-order valence-electron chi connectivity index (χ4n) is 4.52. The highest BCUT2D eigenvalue weighted by Crippen LogP contribution is 2.24. The number of hydrogen-bond donors (Lipinski definition) is 1. The number of nitrogens with one attached hydrogen (secondary N) is 1. The molecule has 6 heteroatoms. The number of aromatic nitrogens is 3. The second-order valence-corrected chi connectivity index (χ2v) is 8.03. The normalized spacial score (nSPS) is 21.7. The molecule has 2 fully saturated rings. The smallest absolute Gasteiger partial charge is 0.317 e. The number of aryl methyl sites for hydroxylation is 1. The number of piperidine rings is 1. The third-order valence-corrected chi connectivity index (χ3v) is 6.18. The lowest BCUT2D eigenvalue weighted by atomic mass is 9.97. The summed E-state index contributed by atoms with van der Waals surface area (Å²) in [7, 11) is 2.19. The molecule has 1 atom stereocenters. The molecule has 1 aromatic carbocycles. The van der Waals surface area contributed by atoms with Gasteiger partial charge in [0.2, 0.25) is 0 Å². The van der Waals surface area contributed by atoms with Crippen LogP contribution in [-0.2, 0) is 13.1 Å². The van der Waals surface area contributed by atoms with E-state index in [0.717, 1.165) is 43.7 Å². The molecule has 0 spiro atoms. The zero-order valence-corrected chi connectivity index (χ0v) is 16.3. The molecule has 146 valence electrons. The van der Waals surface area contributed by atoms with Gasteiger partial charge in [-0.3, -0.25) is 4.57 Å². The average Bonchev–Trinajstić information content (AvgIpc) is 3.25. The molecule has 0 amide bonds. The van der Waals surface area contributed by atoms with Crippen molar-refractivity contribution in [1.29, 1.82) is 0 Å². The topological polar surface area (TPSA) is 55.1 Å². The van der Waals surface area contributed by atoms with Crippen LogP contribution >= 0.6 is 0 Å². The maximum Gasteiger partial charge on any atom is 0.346 e. The van der Waals surface area contributed by atoms with Gasteiger partial charge in [-0.2, -0.15) is 5.10 Å². The lowest BCUT2D eigenvalue weighted by Crippen LogP contribution is -2.31. The van der Waals surface area contributed by atoms with E-state index in [0.29, 0.717) is 25.0 Å². The van der Waals surface area contributed by atoms with E-state index in [1.165, 1.54) is 19.4 Å². The molecule has 3 heterocycles. The highest BCUT2D eigenvalue weighted by atomic mass is 16.2. The molecule has 0 aliphatic carbocycles. The van der Waals surface area contributed by atoms with Gasteiger partial charge in [-0.05, 0) is 64.3 Å². The van der Waals surface area contributed by atoms with Gasteiger partial charge >= 0.3 is 5.69 Å². The first-order chi connectivity index (χ1) is 13.2. The Morgan fingerprint density at radius 1 is 1.15 bits per heavy atom. The summed E-state index contributed by atoms with van der Waals surface area (Å²) in [6, 6.07) is 10.8. The van der Waals surface area contributed by atoms with Gasteiger partial charge in [0.1, 0.15) is 5.82 Å². The van der Waals surface area contributed by atoms with Crippen molar-refractivity contribution in [3.05, 3.63) is 52.2 Å². The summed E-state index contributed by atoms with van der Waals surface area (Å²) < 4.78 is 3.65. The second kappa shape index (κ2) is 8.40. The number of hydrogen-bond acceptors (Lipinski definition) is 4. The molecule has 1 N–H and O–H groups in total. The van der Waals surface area contributed by atoms with Gasteiger partial charge in [-0.15, -0.1) is 0 Å². The van der Waals surface area contributed by atoms with Crippen LogP contribution in [0.2, 0.25) is 0 Å². The van der Waals surface area contributed by atoms with Gasteiger partial charge < -0.3 is 10.2 Å². The lowest BCUT2D eigenvalue weighted by Gasteiger charge is -2.22. The van der Waals surface area contributed by atoms with Gasteiger partial charge in [0.25, 0.3) is 0 Å². The van der Waals surface area contributed by atoms with E-state index < -0.39 is 0 Å². The van der Waals surface area contributed by atoms with E-state index in [4.69, 9.17) is 5.10 Å². The van der Waals surface area contributed by atoms with Crippen molar-refractivity contribution in [3.8, 4) is 0 Å². The molecule has 1 unspecified atom stereocenters. The number of nitrogens with zero attached hydrogens (tertiary/aromatic N) is 4. The molecule has 2 saturated heterocycles. The summed E-state index contributed by atoms with van der Waals surface area (Å²) in [5, 5.41) is 8.25. The summed E-state index contributed by atoms with van der Waals surface area (Å²) in [5.41, 5.74) is 1.21. The van der Waals surface area contributed by atoms with Crippen molar-refractivity contribution in [2.24, 2.45) is 0 Å². The van der Waals surface area contributed by atoms with Gasteiger partial charge in [0.05, 0.1) is 6.54 Å². The van der Waals surface area contributed by atoms with Crippen molar-refractivity contribution >= 4 is 0 Å². The average molecular weight is 370 g/mol. The standard InChI is InChI=1S/C21H31N5O/c1-24-14-5-8-19(24)11-15-26-21(27)25(16-17-6-3-2-4-7-17)20(23-26)18-9-12-22-13-10-18/h2-4,6-7,18-19,22H,5,8-16H2,1H3. The number of likely N-dealkylation sites (tertiary alicyclic amines) is 1. The van der Waals surface area contributed by atoms with Crippen molar-refractivity contribution in [2.75, 3.05) is 26.7 Å². The van der Waals surface area contributed by atoms with Crippen LogP contribution in [0.25, 0.3) is 0 Å². The zero-order valence-electron chi connectivity index (χ0n) is 16.3. The predicted molar refractivity (Wildman–Crippen MR) is 107 cm³/mol. The highest BCUT2D eigenvalue weighted by molar-refractivity contribution is 5.16. The SMILES string of the molecule is CN1CCCC1CCn1nc(C2CCNCC2)n(Cc2ccccc2)c1=O. The molecular weight excluding hydrogens is 338 g/mol. The first kappa shape index (κ1) is 18.4. The fourth-order valence-corrected chi connectivity index (χ4v) is 4.52. The molecule has 0 bridgehead atoms. The Bertz CT molecular complexity index is 791. The minimum absolute atomic E-state index is 0.0491. The molecule has 6 nitrogen and oxygen atoms in total. The summed E-state index contributed by atoms with van der Waals surface area (Å²) in [6.07, 6.45) is 5.60. The van der Waals surface area contributed by atoms with Crippen LogP contribution in [0, 0.1) is 0 Å². The Morgan fingerprint density at radius 2 is 1.93 bits per heavy atom. The maximum atomic E-state index is 13.2. The molecule has 1 aromatic heterocycles. The molecule has 2 aliphatic heterocycles. The number of benzene rings is 1. The van der Waals surface area contributed by atoms with Crippen molar-refractivity contribution in [3.63, 3.8) is 0 Å².